The Morgan fingerprint density at radius 3 is 2.35 bits per heavy atom. The number of aromatic nitrogens is 3. The first-order chi connectivity index (χ1) is 12.7. The lowest BCUT2D eigenvalue weighted by Gasteiger charge is -2.11. The first-order valence-electron chi connectivity index (χ1n) is 8.51. The number of nitrogens with zero attached hydrogens (tertiary/aromatic N) is 3. The molecule has 0 aliphatic rings. The van der Waals surface area contributed by atoms with Gasteiger partial charge in [0.25, 0.3) is 0 Å². The number of methoxy groups -OCH3 is 2. The molecule has 3 rings (SSSR count). The Bertz CT molecular complexity index is 829. The van der Waals surface area contributed by atoms with E-state index in [0.29, 0.717) is 0 Å². The van der Waals surface area contributed by atoms with Gasteiger partial charge in [0.1, 0.15) is 5.75 Å². The van der Waals surface area contributed by atoms with E-state index < -0.39 is 0 Å². The second-order valence-electron chi connectivity index (χ2n) is 5.90. The molecule has 0 radical (unpaired) electrons. The Labute approximate surface area is 158 Å². The minimum absolute atomic E-state index is 0.747. The second-order valence-corrected chi connectivity index (χ2v) is 6.96. The van der Waals surface area contributed by atoms with Gasteiger partial charge in [-0.15, -0.1) is 10.2 Å². The summed E-state index contributed by atoms with van der Waals surface area (Å²) in [6.45, 7) is 2.83. The van der Waals surface area contributed by atoms with Gasteiger partial charge in [0.2, 0.25) is 0 Å². The van der Waals surface area contributed by atoms with Crippen LogP contribution in [0.3, 0.4) is 0 Å². The van der Waals surface area contributed by atoms with Crippen LogP contribution in [-0.4, -0.2) is 41.3 Å². The van der Waals surface area contributed by atoms with Crippen LogP contribution in [0, 0.1) is 6.92 Å². The molecule has 0 aliphatic carbocycles. The van der Waals surface area contributed by atoms with Crippen molar-refractivity contribution in [2.45, 2.75) is 18.5 Å². The molecule has 136 valence electrons. The molecule has 3 aromatic rings. The van der Waals surface area contributed by atoms with E-state index in [2.05, 4.69) is 46.0 Å². The van der Waals surface area contributed by atoms with Crippen LogP contribution in [0.1, 0.15) is 12.0 Å². The normalized spacial score (nSPS) is 10.9. The molecule has 5 nitrogen and oxygen atoms in total. The van der Waals surface area contributed by atoms with E-state index in [1.807, 2.05) is 24.3 Å². The Hall–Kier alpha value is -2.31. The predicted octanol–water partition coefficient (Wildman–Crippen LogP) is 4.38. The van der Waals surface area contributed by atoms with E-state index in [0.717, 1.165) is 46.8 Å². The first kappa shape index (κ1) is 18.5. The molecular weight excluding hydrogens is 346 g/mol. The summed E-state index contributed by atoms with van der Waals surface area (Å²) in [7, 11) is 3.39. The lowest BCUT2D eigenvalue weighted by molar-refractivity contribution is 0.200. The van der Waals surface area contributed by atoms with Crippen LogP contribution in [-0.2, 0) is 4.74 Å². The van der Waals surface area contributed by atoms with Crippen LogP contribution >= 0.6 is 11.8 Å². The zero-order chi connectivity index (χ0) is 18.4. The van der Waals surface area contributed by atoms with Gasteiger partial charge in [0.05, 0.1) is 7.11 Å². The smallest absolute Gasteiger partial charge is 0.196 e. The summed E-state index contributed by atoms with van der Waals surface area (Å²) in [4.78, 5) is 0. The summed E-state index contributed by atoms with van der Waals surface area (Å²) in [6, 6.07) is 16.3. The fourth-order valence-electron chi connectivity index (χ4n) is 2.58. The number of hydrogen-bond acceptors (Lipinski definition) is 5. The lowest BCUT2D eigenvalue weighted by Crippen LogP contribution is -2.00. The van der Waals surface area contributed by atoms with Crippen molar-refractivity contribution in [2.75, 3.05) is 26.6 Å². The van der Waals surface area contributed by atoms with Gasteiger partial charge in [0.15, 0.2) is 11.0 Å². The van der Waals surface area contributed by atoms with E-state index in [1.54, 1.807) is 26.0 Å². The highest BCUT2D eigenvalue weighted by molar-refractivity contribution is 7.99. The average Bonchev–Trinajstić information content (AvgIpc) is 3.10. The van der Waals surface area contributed by atoms with E-state index in [4.69, 9.17) is 9.47 Å². The molecular formula is C20H23N3O2S. The van der Waals surface area contributed by atoms with Gasteiger partial charge >= 0.3 is 0 Å². The van der Waals surface area contributed by atoms with Gasteiger partial charge in [-0.3, -0.25) is 4.57 Å². The number of benzene rings is 2. The highest BCUT2D eigenvalue weighted by Crippen LogP contribution is 2.29. The topological polar surface area (TPSA) is 49.2 Å². The van der Waals surface area contributed by atoms with Crippen molar-refractivity contribution in [3.8, 4) is 22.8 Å². The molecule has 0 atom stereocenters. The monoisotopic (exact) mass is 369 g/mol. The van der Waals surface area contributed by atoms with E-state index in [1.165, 1.54) is 5.56 Å². The molecule has 6 heteroatoms. The van der Waals surface area contributed by atoms with Crippen LogP contribution in [0.15, 0.2) is 53.7 Å². The zero-order valence-corrected chi connectivity index (χ0v) is 16.1. The van der Waals surface area contributed by atoms with Crippen molar-refractivity contribution >= 4 is 11.8 Å². The Morgan fingerprint density at radius 1 is 0.962 bits per heavy atom. The second kappa shape index (κ2) is 8.87. The van der Waals surface area contributed by atoms with Crippen molar-refractivity contribution < 1.29 is 9.47 Å². The van der Waals surface area contributed by atoms with Crippen molar-refractivity contribution in [2.24, 2.45) is 0 Å². The van der Waals surface area contributed by atoms with Gasteiger partial charge in [0, 0.05) is 30.7 Å². The van der Waals surface area contributed by atoms with Crippen molar-refractivity contribution in [1.82, 2.24) is 14.8 Å². The largest absolute Gasteiger partial charge is 0.497 e. The van der Waals surface area contributed by atoms with Gasteiger partial charge in [-0.05, 0) is 49.7 Å². The molecule has 26 heavy (non-hydrogen) atoms. The highest BCUT2D eigenvalue weighted by Gasteiger charge is 2.16. The van der Waals surface area contributed by atoms with Crippen LogP contribution in [0.5, 0.6) is 5.75 Å². The van der Waals surface area contributed by atoms with E-state index in [-0.39, 0.29) is 0 Å². The Morgan fingerprint density at radius 2 is 1.69 bits per heavy atom. The average molecular weight is 369 g/mol. The minimum Gasteiger partial charge on any atom is -0.497 e. The number of thioether (sulfide) groups is 1. The molecule has 0 unspecified atom stereocenters. The third-order valence-electron chi connectivity index (χ3n) is 4.00. The molecule has 0 aliphatic heterocycles. The number of aryl methyl sites for hydroxylation is 1. The number of hydrogen-bond donors (Lipinski definition) is 0. The first-order valence-corrected chi connectivity index (χ1v) is 9.50. The standard InChI is InChI=1S/C20H23N3O2S/c1-15-5-9-17(10-6-15)23-19(16-7-11-18(25-3)12-8-16)21-22-20(23)26-14-4-13-24-2/h5-12H,4,13-14H2,1-3H3. The van der Waals surface area contributed by atoms with Crippen LogP contribution in [0.2, 0.25) is 0 Å². The van der Waals surface area contributed by atoms with Crippen LogP contribution in [0.25, 0.3) is 17.1 Å². The lowest BCUT2D eigenvalue weighted by atomic mass is 10.2. The SMILES string of the molecule is COCCCSc1nnc(-c2ccc(OC)cc2)n1-c1ccc(C)cc1. The van der Waals surface area contributed by atoms with E-state index in [9.17, 15) is 0 Å². The maximum Gasteiger partial charge on any atom is 0.196 e. The molecule has 0 saturated carbocycles. The maximum absolute atomic E-state index is 5.26. The number of rotatable bonds is 8. The maximum atomic E-state index is 5.26. The summed E-state index contributed by atoms with van der Waals surface area (Å²) >= 11 is 1.69. The third kappa shape index (κ3) is 4.26. The van der Waals surface area contributed by atoms with Crippen molar-refractivity contribution in [3.63, 3.8) is 0 Å². The van der Waals surface area contributed by atoms with Crippen molar-refractivity contribution in [3.05, 3.63) is 54.1 Å². The summed E-state index contributed by atoms with van der Waals surface area (Å²) in [6.07, 6.45) is 0.972. The van der Waals surface area contributed by atoms with Gasteiger partial charge in [-0.2, -0.15) is 0 Å². The minimum atomic E-state index is 0.747. The molecule has 2 aromatic carbocycles. The third-order valence-corrected chi connectivity index (χ3v) is 5.01. The highest BCUT2D eigenvalue weighted by atomic mass is 32.2. The predicted molar refractivity (Wildman–Crippen MR) is 105 cm³/mol. The molecule has 1 aromatic heterocycles. The summed E-state index contributed by atoms with van der Waals surface area (Å²) in [5.41, 5.74) is 3.28. The van der Waals surface area contributed by atoms with Crippen LogP contribution in [0.4, 0.5) is 0 Å². The van der Waals surface area contributed by atoms with Gasteiger partial charge in [-0.1, -0.05) is 29.5 Å². The zero-order valence-electron chi connectivity index (χ0n) is 15.3. The quantitative estimate of drug-likeness (QED) is 0.436. The summed E-state index contributed by atoms with van der Waals surface area (Å²) in [5, 5.41) is 9.78. The van der Waals surface area contributed by atoms with Crippen LogP contribution < -0.4 is 4.74 Å². The Kier molecular flexibility index (Phi) is 6.30. The molecule has 0 saturated heterocycles. The number of ether oxygens (including phenoxy) is 2. The van der Waals surface area contributed by atoms with Crippen molar-refractivity contribution in [1.29, 1.82) is 0 Å². The molecule has 0 fully saturated rings. The molecule has 0 spiro atoms. The molecule has 0 amide bonds. The molecule has 0 N–H and O–H groups in total. The van der Waals surface area contributed by atoms with Gasteiger partial charge in [-0.25, -0.2) is 0 Å². The molecule has 1 heterocycles. The van der Waals surface area contributed by atoms with E-state index >= 15 is 0 Å². The molecule has 0 bridgehead atoms. The Balaban J connectivity index is 1.97. The summed E-state index contributed by atoms with van der Waals surface area (Å²) in [5.74, 6) is 2.58. The summed E-state index contributed by atoms with van der Waals surface area (Å²) < 4.78 is 12.5. The fraction of sp³-hybridized carbons (Fsp3) is 0.300. The van der Waals surface area contributed by atoms with Gasteiger partial charge < -0.3 is 9.47 Å². The fourth-order valence-corrected chi connectivity index (χ4v) is 3.45.